The molecule has 0 saturated carbocycles. The summed E-state index contributed by atoms with van der Waals surface area (Å²) in [6.45, 7) is 1.34. The maximum atomic E-state index is 10.2. The molecule has 0 atom stereocenters. The monoisotopic (exact) mass is 124 g/mol. The molecule has 48 valence electrons. The van der Waals surface area contributed by atoms with E-state index in [4.69, 9.17) is 0 Å². The Morgan fingerprint density at radius 2 is 2.00 bits per heavy atom. The Labute approximate surface area is 67.4 Å². The Morgan fingerprint density at radius 3 is 2.11 bits per heavy atom. The van der Waals surface area contributed by atoms with Crippen LogP contribution in [0.5, 0.6) is 0 Å². The average Bonchev–Trinajstić information content (AvgIpc) is 1.65. The first kappa shape index (κ1) is 11.5. The molecule has 0 fully saturated rings. The van der Waals surface area contributed by atoms with Crippen LogP contribution in [0.4, 0.5) is 0 Å². The zero-order valence-corrected chi connectivity index (χ0v) is 5.93. The van der Waals surface area contributed by atoms with Gasteiger partial charge in [-0.1, -0.05) is 0 Å². The summed E-state index contributed by atoms with van der Waals surface area (Å²) in [5, 5.41) is 0. The number of hydrogen-bond acceptors (Lipinski definition) is 3. The van der Waals surface area contributed by atoms with Gasteiger partial charge in [0.2, 0.25) is 0 Å². The van der Waals surface area contributed by atoms with E-state index in [0.717, 1.165) is 0 Å². The molecule has 0 aliphatic rings. The van der Waals surface area contributed by atoms with E-state index in [9.17, 15) is 9.59 Å². The van der Waals surface area contributed by atoms with Crippen molar-refractivity contribution in [1.82, 2.24) is 0 Å². The van der Waals surface area contributed by atoms with Gasteiger partial charge in [0.05, 0.1) is 7.11 Å². The van der Waals surface area contributed by atoms with Gasteiger partial charge in [-0.05, 0) is 6.92 Å². The summed E-state index contributed by atoms with van der Waals surface area (Å²) in [5.74, 6) is -0.644. The smallest absolute Gasteiger partial charge is 1.00 e. The van der Waals surface area contributed by atoms with Crippen LogP contribution >= 0.6 is 0 Å². The molecule has 0 spiro atoms. The number of rotatable bonds is 2. The van der Waals surface area contributed by atoms with Crippen molar-refractivity contribution >= 4 is 11.8 Å². The molecule has 0 aromatic rings. The first-order valence-electron chi connectivity index (χ1n) is 2.23. The number of hydrogen-bond donors (Lipinski definition) is 0. The SMILES string of the molecule is COC(=O)CC(C)=O.[H-].[Li+]. The molecule has 0 N–H and O–H groups in total. The van der Waals surface area contributed by atoms with Gasteiger partial charge >= 0.3 is 24.8 Å². The number of methoxy groups -OCH3 is 1. The van der Waals surface area contributed by atoms with Gasteiger partial charge in [0.25, 0.3) is 0 Å². The fourth-order valence-electron chi connectivity index (χ4n) is 0.275. The van der Waals surface area contributed by atoms with Crippen molar-refractivity contribution in [2.24, 2.45) is 0 Å². The van der Waals surface area contributed by atoms with E-state index in [1.54, 1.807) is 0 Å². The maximum absolute atomic E-state index is 10.2. The van der Waals surface area contributed by atoms with Crippen LogP contribution in [-0.4, -0.2) is 18.9 Å². The van der Waals surface area contributed by atoms with Crippen LogP contribution in [0.1, 0.15) is 14.8 Å². The number of ketones is 1. The molecule has 0 aromatic heterocycles. The molecule has 0 rings (SSSR count). The Hall–Kier alpha value is -0.263. The molecule has 0 aliphatic heterocycles. The van der Waals surface area contributed by atoms with Crippen LogP contribution in [0.25, 0.3) is 0 Å². The Bertz CT molecular complexity index is 115. The van der Waals surface area contributed by atoms with E-state index in [0.29, 0.717) is 0 Å². The average molecular weight is 124 g/mol. The summed E-state index contributed by atoms with van der Waals surface area (Å²) in [6, 6.07) is 0. The van der Waals surface area contributed by atoms with Crippen molar-refractivity contribution in [2.45, 2.75) is 13.3 Å². The summed E-state index contributed by atoms with van der Waals surface area (Å²) >= 11 is 0. The summed E-state index contributed by atoms with van der Waals surface area (Å²) < 4.78 is 4.20. The first-order chi connectivity index (χ1) is 3.66. The minimum atomic E-state index is -0.475. The Balaban J connectivity index is -0.000000245. The second kappa shape index (κ2) is 5.87. The van der Waals surface area contributed by atoms with Crippen molar-refractivity contribution in [3.05, 3.63) is 0 Å². The minimum absolute atomic E-state index is 0. The van der Waals surface area contributed by atoms with E-state index >= 15 is 0 Å². The molecular formula is C5H9LiO3. The van der Waals surface area contributed by atoms with Gasteiger partial charge in [-0.3, -0.25) is 9.59 Å². The molecule has 0 heterocycles. The predicted octanol–water partition coefficient (Wildman–Crippen LogP) is -2.74. The van der Waals surface area contributed by atoms with Gasteiger partial charge < -0.3 is 6.16 Å². The van der Waals surface area contributed by atoms with Crippen molar-refractivity contribution in [1.29, 1.82) is 0 Å². The van der Waals surface area contributed by atoms with E-state index in [-0.39, 0.29) is 32.5 Å². The summed E-state index contributed by atoms with van der Waals surface area (Å²) in [4.78, 5) is 20.3. The molecule has 0 radical (unpaired) electrons. The maximum Gasteiger partial charge on any atom is 1.00 e. The van der Waals surface area contributed by atoms with Crippen LogP contribution in [-0.2, 0) is 14.3 Å². The van der Waals surface area contributed by atoms with Gasteiger partial charge in [-0.25, -0.2) is 0 Å². The second-order valence-electron chi connectivity index (χ2n) is 1.45. The minimum Gasteiger partial charge on any atom is -1.00 e. The van der Waals surface area contributed by atoms with E-state index in [1.165, 1.54) is 14.0 Å². The van der Waals surface area contributed by atoms with Crippen LogP contribution in [0.2, 0.25) is 0 Å². The fourth-order valence-corrected chi connectivity index (χ4v) is 0.275. The van der Waals surface area contributed by atoms with Gasteiger partial charge in [0, 0.05) is 0 Å². The van der Waals surface area contributed by atoms with Crippen LogP contribution in [0.3, 0.4) is 0 Å². The molecule has 3 nitrogen and oxygen atoms in total. The zero-order valence-electron chi connectivity index (χ0n) is 6.93. The van der Waals surface area contributed by atoms with Crippen LogP contribution in [0.15, 0.2) is 0 Å². The number of carbonyl (C=O) groups is 2. The molecule has 0 aliphatic carbocycles. The van der Waals surface area contributed by atoms with Crippen molar-refractivity contribution in [3.8, 4) is 0 Å². The van der Waals surface area contributed by atoms with Gasteiger partial charge in [-0.15, -0.1) is 0 Å². The second-order valence-corrected chi connectivity index (χ2v) is 1.45. The third-order valence-corrected chi connectivity index (χ3v) is 0.621. The number of esters is 1. The molecule has 0 saturated heterocycles. The van der Waals surface area contributed by atoms with Crippen LogP contribution in [0, 0.1) is 0 Å². The molecule has 0 amide bonds. The third kappa shape index (κ3) is 7.74. The number of carbonyl (C=O) groups excluding carboxylic acids is 2. The largest absolute Gasteiger partial charge is 1.00 e. The first-order valence-corrected chi connectivity index (χ1v) is 2.23. The number of Topliss-reactive ketones (excluding diaryl/α,β-unsaturated/α-hetero) is 1. The Kier molecular flexibility index (Phi) is 7.51. The fraction of sp³-hybridized carbons (Fsp3) is 0.600. The molecule has 0 aromatic carbocycles. The van der Waals surface area contributed by atoms with E-state index in [1.807, 2.05) is 0 Å². The van der Waals surface area contributed by atoms with Gasteiger partial charge in [-0.2, -0.15) is 0 Å². The predicted molar refractivity (Wildman–Crippen MR) is 28.4 cm³/mol. The standard InChI is InChI=1S/C5H8O3.Li.H/c1-4(6)3-5(7)8-2;;/h3H2,1-2H3;;/q;+1;-1. The van der Waals surface area contributed by atoms with Crippen LogP contribution < -0.4 is 18.9 Å². The summed E-state index contributed by atoms with van der Waals surface area (Å²) in [7, 11) is 1.26. The molecular weight excluding hydrogens is 115 g/mol. The Morgan fingerprint density at radius 1 is 1.56 bits per heavy atom. The topological polar surface area (TPSA) is 43.4 Å². The van der Waals surface area contributed by atoms with Gasteiger partial charge in [0.1, 0.15) is 12.2 Å². The van der Waals surface area contributed by atoms with Crippen molar-refractivity contribution in [3.63, 3.8) is 0 Å². The molecule has 4 heteroatoms. The van der Waals surface area contributed by atoms with E-state index in [2.05, 4.69) is 4.74 Å². The summed E-state index contributed by atoms with van der Waals surface area (Å²) in [5.41, 5.74) is 0. The molecule has 0 bridgehead atoms. The van der Waals surface area contributed by atoms with Crippen molar-refractivity contribution in [2.75, 3.05) is 7.11 Å². The quantitative estimate of drug-likeness (QED) is 0.228. The molecule has 0 unspecified atom stereocenters. The van der Waals surface area contributed by atoms with Crippen molar-refractivity contribution < 1.29 is 34.6 Å². The zero-order chi connectivity index (χ0) is 6.57. The third-order valence-electron chi connectivity index (χ3n) is 0.621. The van der Waals surface area contributed by atoms with Gasteiger partial charge in [0.15, 0.2) is 0 Å². The summed E-state index contributed by atoms with van der Waals surface area (Å²) in [6.07, 6.45) is -0.115. The molecule has 9 heavy (non-hydrogen) atoms. The number of ether oxygens (including phenoxy) is 1. The normalized spacial score (nSPS) is 7.33. The van der Waals surface area contributed by atoms with E-state index < -0.39 is 5.97 Å².